The number of nitrogens with zero attached hydrogens (tertiary/aromatic N) is 2. The normalized spacial score (nSPS) is 22.6. The number of carboxylic acid groups (broad SMARTS) is 1. The Morgan fingerprint density at radius 2 is 2.08 bits per heavy atom. The minimum absolute atomic E-state index is 0.162. The van der Waals surface area contributed by atoms with Gasteiger partial charge in [-0.2, -0.15) is 17.5 Å². The molecule has 2 atom stereocenters. The van der Waals surface area contributed by atoms with Crippen LogP contribution in [0.4, 0.5) is 13.2 Å². The van der Waals surface area contributed by atoms with E-state index in [2.05, 4.69) is 9.72 Å². The first-order valence-corrected chi connectivity index (χ1v) is 8.85. The summed E-state index contributed by atoms with van der Waals surface area (Å²) in [6.07, 6.45) is -2.85. The van der Waals surface area contributed by atoms with Gasteiger partial charge in [0, 0.05) is 18.7 Å². The number of alkyl halides is 3. The third-order valence-corrected chi connectivity index (χ3v) is 5.84. The van der Waals surface area contributed by atoms with Crippen molar-refractivity contribution in [3.05, 3.63) is 18.3 Å². The van der Waals surface area contributed by atoms with Crippen LogP contribution in [0.25, 0.3) is 0 Å². The molecule has 140 valence electrons. The number of hydrogen-bond donors (Lipinski definition) is 1. The Morgan fingerprint density at radius 1 is 1.40 bits per heavy atom. The van der Waals surface area contributed by atoms with E-state index >= 15 is 0 Å². The Kier molecular flexibility index (Phi) is 5.57. The molecule has 1 saturated heterocycles. The fraction of sp³-hybridized carbons (Fsp3) is 0.571. The summed E-state index contributed by atoms with van der Waals surface area (Å²) in [6, 6.07) is 1.73. The lowest BCUT2D eigenvalue weighted by molar-refractivity contribution is -0.154. The van der Waals surface area contributed by atoms with Gasteiger partial charge in [-0.1, -0.05) is 0 Å². The Bertz CT molecular complexity index is 721. The van der Waals surface area contributed by atoms with Gasteiger partial charge in [-0.15, -0.1) is 0 Å². The lowest BCUT2D eigenvalue weighted by atomic mass is 9.96. The number of aliphatic carboxylic acids is 1. The van der Waals surface area contributed by atoms with Crippen molar-refractivity contribution >= 4 is 16.0 Å². The third-order valence-electron chi connectivity index (χ3n) is 3.87. The molecule has 1 aliphatic heterocycles. The number of halogens is 3. The van der Waals surface area contributed by atoms with Crippen molar-refractivity contribution in [2.24, 2.45) is 5.92 Å². The fourth-order valence-electron chi connectivity index (χ4n) is 2.51. The summed E-state index contributed by atoms with van der Waals surface area (Å²) in [5.41, 5.74) is 0. The summed E-state index contributed by atoms with van der Waals surface area (Å²) >= 11 is 0. The van der Waals surface area contributed by atoms with E-state index in [1.165, 1.54) is 0 Å². The van der Waals surface area contributed by atoms with Crippen LogP contribution < -0.4 is 4.74 Å². The molecule has 2 unspecified atom stereocenters. The molecule has 1 aromatic rings. The number of rotatable bonds is 5. The molecular formula is C14H17F3N2O5S. The van der Waals surface area contributed by atoms with Crippen molar-refractivity contribution in [2.75, 3.05) is 13.2 Å². The van der Waals surface area contributed by atoms with E-state index in [1.54, 1.807) is 6.92 Å². The summed E-state index contributed by atoms with van der Waals surface area (Å²) in [5, 5.41) is 9.10. The fourth-order valence-corrected chi connectivity index (χ4v) is 4.16. The number of aromatic nitrogens is 1. The zero-order valence-electron chi connectivity index (χ0n) is 13.2. The molecule has 7 nitrogen and oxygen atoms in total. The first kappa shape index (κ1) is 19.4. The first-order chi connectivity index (χ1) is 11.5. The maximum Gasteiger partial charge on any atom is 0.422 e. The van der Waals surface area contributed by atoms with Crippen molar-refractivity contribution in [3.63, 3.8) is 0 Å². The monoisotopic (exact) mass is 382 g/mol. The number of hydrogen-bond acceptors (Lipinski definition) is 5. The van der Waals surface area contributed by atoms with Crippen LogP contribution in [-0.4, -0.2) is 54.2 Å². The predicted molar refractivity (Wildman–Crippen MR) is 79.5 cm³/mol. The van der Waals surface area contributed by atoms with Crippen LogP contribution in [0.5, 0.6) is 5.88 Å². The summed E-state index contributed by atoms with van der Waals surface area (Å²) in [6.45, 7) is -0.0232. The van der Waals surface area contributed by atoms with Crippen molar-refractivity contribution in [3.8, 4) is 5.88 Å². The molecule has 1 fully saturated rings. The van der Waals surface area contributed by atoms with Crippen molar-refractivity contribution in [1.29, 1.82) is 0 Å². The Labute approximate surface area is 142 Å². The zero-order valence-corrected chi connectivity index (χ0v) is 14.0. The maximum absolute atomic E-state index is 12.7. The van der Waals surface area contributed by atoms with E-state index in [4.69, 9.17) is 5.11 Å². The molecule has 0 saturated carbocycles. The second-order valence-corrected chi connectivity index (χ2v) is 7.66. The lowest BCUT2D eigenvalue weighted by Gasteiger charge is -2.35. The summed E-state index contributed by atoms with van der Waals surface area (Å²) in [4.78, 5) is 14.5. The van der Waals surface area contributed by atoms with Crippen molar-refractivity contribution in [1.82, 2.24) is 9.29 Å². The highest BCUT2D eigenvalue weighted by Crippen LogP contribution is 2.28. The maximum atomic E-state index is 12.7. The van der Waals surface area contributed by atoms with Crippen LogP contribution in [0, 0.1) is 5.92 Å². The van der Waals surface area contributed by atoms with Crippen molar-refractivity contribution in [2.45, 2.75) is 36.9 Å². The highest BCUT2D eigenvalue weighted by molar-refractivity contribution is 7.89. The number of pyridine rings is 1. The molecule has 0 bridgehead atoms. The molecule has 0 aromatic carbocycles. The Hall–Kier alpha value is -1.88. The van der Waals surface area contributed by atoms with Crippen LogP contribution in [0.1, 0.15) is 19.8 Å². The van der Waals surface area contributed by atoms with E-state index in [0.29, 0.717) is 12.8 Å². The van der Waals surface area contributed by atoms with E-state index in [0.717, 1.165) is 22.6 Å². The number of ether oxygens (including phenoxy) is 1. The highest BCUT2D eigenvalue weighted by atomic mass is 32.2. The first-order valence-electron chi connectivity index (χ1n) is 7.41. The smallest absolute Gasteiger partial charge is 0.422 e. The number of carbonyl (C=O) groups is 1. The molecule has 1 aliphatic rings. The molecule has 0 radical (unpaired) electrons. The second-order valence-electron chi connectivity index (χ2n) is 5.77. The van der Waals surface area contributed by atoms with Gasteiger partial charge in [0.1, 0.15) is 4.90 Å². The van der Waals surface area contributed by atoms with Gasteiger partial charge in [-0.3, -0.25) is 4.79 Å². The van der Waals surface area contributed by atoms with Crippen LogP contribution >= 0.6 is 0 Å². The topological polar surface area (TPSA) is 96.8 Å². The van der Waals surface area contributed by atoms with Gasteiger partial charge in [0.05, 0.1) is 12.1 Å². The number of carboxylic acids is 1. The molecule has 0 aliphatic carbocycles. The molecule has 0 spiro atoms. The molecule has 11 heteroatoms. The highest BCUT2D eigenvalue weighted by Gasteiger charge is 2.37. The molecule has 1 N–H and O–H groups in total. The predicted octanol–water partition coefficient (Wildman–Crippen LogP) is 1.90. The summed E-state index contributed by atoms with van der Waals surface area (Å²) in [7, 11) is -4.01. The minimum Gasteiger partial charge on any atom is -0.481 e. The van der Waals surface area contributed by atoms with Crippen LogP contribution in [0.3, 0.4) is 0 Å². The van der Waals surface area contributed by atoms with E-state index in [1.807, 2.05) is 0 Å². The Morgan fingerprint density at radius 3 is 2.60 bits per heavy atom. The molecule has 25 heavy (non-hydrogen) atoms. The van der Waals surface area contributed by atoms with E-state index in [-0.39, 0.29) is 23.4 Å². The van der Waals surface area contributed by atoms with Gasteiger partial charge in [-0.05, 0) is 25.8 Å². The van der Waals surface area contributed by atoms with Crippen LogP contribution in [0.2, 0.25) is 0 Å². The molecular weight excluding hydrogens is 365 g/mol. The quantitative estimate of drug-likeness (QED) is 0.835. The van der Waals surface area contributed by atoms with Crippen molar-refractivity contribution < 1.29 is 36.2 Å². The second kappa shape index (κ2) is 7.16. The van der Waals surface area contributed by atoms with Gasteiger partial charge in [0.15, 0.2) is 6.61 Å². The molecule has 1 aromatic heterocycles. The average molecular weight is 382 g/mol. The Balaban J connectivity index is 2.17. The van der Waals surface area contributed by atoms with E-state index < -0.39 is 34.7 Å². The minimum atomic E-state index is -4.53. The summed E-state index contributed by atoms with van der Waals surface area (Å²) < 4.78 is 67.1. The third kappa shape index (κ3) is 4.82. The number of piperidine rings is 1. The zero-order chi connectivity index (χ0) is 18.8. The average Bonchev–Trinajstić information content (AvgIpc) is 2.52. The van der Waals surface area contributed by atoms with Gasteiger partial charge in [-0.25, -0.2) is 13.4 Å². The molecule has 0 amide bonds. The van der Waals surface area contributed by atoms with Crippen LogP contribution in [-0.2, 0) is 14.8 Å². The van der Waals surface area contributed by atoms with Gasteiger partial charge < -0.3 is 9.84 Å². The SMILES string of the molecule is CC1CCC(C(=O)O)CN1S(=O)(=O)c1ccc(OCC(F)(F)F)nc1. The number of sulfonamides is 1. The van der Waals surface area contributed by atoms with Crippen LogP contribution in [0.15, 0.2) is 23.2 Å². The standard InChI is InChI=1S/C14H17F3N2O5S/c1-9-2-3-10(13(20)21)7-19(9)25(22,23)11-4-5-12(18-6-11)24-8-14(15,16)17/h4-6,9-10H,2-3,7-8H2,1H3,(H,20,21). The summed E-state index contributed by atoms with van der Waals surface area (Å²) in [5.74, 6) is -2.22. The van der Waals surface area contributed by atoms with Gasteiger partial charge in [0.2, 0.25) is 15.9 Å². The lowest BCUT2D eigenvalue weighted by Crippen LogP contribution is -2.47. The van der Waals surface area contributed by atoms with Gasteiger partial charge >= 0.3 is 12.1 Å². The molecule has 2 heterocycles. The largest absolute Gasteiger partial charge is 0.481 e. The van der Waals surface area contributed by atoms with Gasteiger partial charge in [0.25, 0.3) is 0 Å². The van der Waals surface area contributed by atoms with E-state index in [9.17, 15) is 26.4 Å². The molecule has 2 rings (SSSR count).